The van der Waals surface area contributed by atoms with Gasteiger partial charge in [-0.1, -0.05) is 56.7 Å². The normalized spacial score (nSPS) is 16.4. The molecule has 2 fully saturated rings. The van der Waals surface area contributed by atoms with Crippen molar-refractivity contribution in [3.8, 4) is 0 Å². The molecule has 2 unspecified atom stereocenters. The summed E-state index contributed by atoms with van der Waals surface area (Å²) in [5.74, 6) is 1.04. The Balaban J connectivity index is 0.000000249. The minimum absolute atomic E-state index is 0.141. The number of likely N-dealkylation sites (tertiary alicyclic amines) is 1. The van der Waals surface area contributed by atoms with Gasteiger partial charge in [-0.25, -0.2) is 9.97 Å². The maximum atomic E-state index is 13.3. The summed E-state index contributed by atoms with van der Waals surface area (Å²) in [4.78, 5) is 80.3. The van der Waals surface area contributed by atoms with Crippen molar-refractivity contribution in [3.05, 3.63) is 107 Å². The number of fused-ring (bicyclic) bond motifs is 1. The van der Waals surface area contributed by atoms with E-state index in [1.807, 2.05) is 56.3 Å². The molecule has 3 aliphatic rings. The van der Waals surface area contributed by atoms with Gasteiger partial charge in [0.05, 0.1) is 11.1 Å². The van der Waals surface area contributed by atoms with Gasteiger partial charge in [-0.15, -0.1) is 6.58 Å². The van der Waals surface area contributed by atoms with Gasteiger partial charge in [0.1, 0.15) is 17.2 Å². The maximum Gasteiger partial charge on any atom is 0.256 e. The van der Waals surface area contributed by atoms with Crippen molar-refractivity contribution < 1.29 is 29.1 Å². The largest absolute Gasteiger partial charge is 0.400 e. The lowest BCUT2D eigenvalue weighted by atomic mass is 9.74. The summed E-state index contributed by atoms with van der Waals surface area (Å²) in [5, 5.41) is 18.3. The number of aliphatic hydroxyl groups excluding tert-OH is 1. The van der Waals surface area contributed by atoms with Gasteiger partial charge >= 0.3 is 0 Å². The molecule has 0 radical (unpaired) electrons. The second-order valence-corrected chi connectivity index (χ2v) is 18.1. The molecule has 2 aliphatic heterocycles. The number of aryl methyl sites for hydroxylation is 2. The summed E-state index contributed by atoms with van der Waals surface area (Å²) < 4.78 is 0. The van der Waals surface area contributed by atoms with E-state index in [1.54, 1.807) is 24.1 Å². The first-order chi connectivity index (χ1) is 33.4. The van der Waals surface area contributed by atoms with Crippen LogP contribution >= 0.6 is 0 Å². The highest BCUT2D eigenvalue weighted by Crippen LogP contribution is 2.40. The maximum absolute atomic E-state index is 13.3. The number of imide groups is 1. The zero-order valence-electron chi connectivity index (χ0n) is 41.5. The first-order valence-corrected chi connectivity index (χ1v) is 24.2. The number of nitrogens with one attached hydrogen (secondary N) is 4. The Hall–Kier alpha value is -6.52. The van der Waals surface area contributed by atoms with Crippen molar-refractivity contribution in [1.82, 2.24) is 35.4 Å². The number of hydrogen-bond donors (Lipinski definition) is 5. The van der Waals surface area contributed by atoms with E-state index in [2.05, 4.69) is 74.5 Å². The van der Waals surface area contributed by atoms with Gasteiger partial charge in [-0.3, -0.25) is 34.2 Å². The molecule has 16 nitrogen and oxygen atoms in total. The number of nitrogens with zero attached hydrogens (tertiary/aromatic N) is 6. The fourth-order valence-corrected chi connectivity index (χ4v) is 9.30. The SMILES string of the molecule is C=CCNC(=O)c1cnc(Nc2ccc(C)cc2)nc1Nc1ccc2c(n1)C(CC)CC2.CCC1(CC)CN(C2CCN(c3cccc(C(=O)N(C)C(C)CCC(=O)NC=O)c3C=O)CC2)C1.CO. The fraction of sp³-hybridized carbons (Fsp3) is 0.472. The van der Waals surface area contributed by atoms with Crippen LogP contribution in [0.1, 0.15) is 133 Å². The first kappa shape index (κ1) is 53.4. The molecule has 2 aromatic heterocycles. The van der Waals surface area contributed by atoms with Crippen molar-refractivity contribution in [2.45, 2.75) is 110 Å². The quantitative estimate of drug-likeness (QED) is 0.0452. The van der Waals surface area contributed by atoms with Crippen LogP contribution in [0.15, 0.2) is 73.4 Å². The van der Waals surface area contributed by atoms with E-state index in [-0.39, 0.29) is 30.2 Å². The highest BCUT2D eigenvalue weighted by molar-refractivity contribution is 6.04. The number of aldehydes is 1. The Bertz CT molecular complexity index is 2370. The monoisotopic (exact) mass is 945 g/mol. The minimum Gasteiger partial charge on any atom is -0.400 e. The number of carbonyl (C=O) groups is 5. The summed E-state index contributed by atoms with van der Waals surface area (Å²) >= 11 is 0. The number of anilines is 5. The van der Waals surface area contributed by atoms with Crippen molar-refractivity contribution in [3.63, 3.8) is 0 Å². The third-order valence-electron chi connectivity index (χ3n) is 14.0. The molecule has 370 valence electrons. The number of piperidine rings is 1. The van der Waals surface area contributed by atoms with E-state index in [0.29, 0.717) is 71.0 Å². The average Bonchev–Trinajstić information content (AvgIpc) is 3.78. The third kappa shape index (κ3) is 13.6. The van der Waals surface area contributed by atoms with Gasteiger partial charge in [0.2, 0.25) is 18.3 Å². The van der Waals surface area contributed by atoms with Gasteiger partial charge in [-0.05, 0) is 107 Å². The predicted molar refractivity (Wildman–Crippen MR) is 273 cm³/mol. The second-order valence-electron chi connectivity index (χ2n) is 18.1. The molecule has 5 N–H and O–H groups in total. The zero-order chi connectivity index (χ0) is 50.1. The van der Waals surface area contributed by atoms with Crippen LogP contribution < -0.4 is 26.2 Å². The van der Waals surface area contributed by atoms with Crippen LogP contribution in [0.2, 0.25) is 0 Å². The molecule has 0 spiro atoms. The average molecular weight is 945 g/mol. The molecule has 4 amide bonds. The number of amides is 4. The highest BCUT2D eigenvalue weighted by atomic mass is 16.2. The fourth-order valence-electron chi connectivity index (χ4n) is 9.30. The number of hydrogen-bond acceptors (Lipinski definition) is 13. The Kier molecular flexibility index (Phi) is 19.9. The van der Waals surface area contributed by atoms with E-state index in [1.165, 1.54) is 43.3 Å². The molecule has 0 bridgehead atoms. The van der Waals surface area contributed by atoms with Gasteiger partial charge < -0.3 is 30.9 Å². The van der Waals surface area contributed by atoms with Crippen LogP contribution in [0, 0.1) is 12.3 Å². The van der Waals surface area contributed by atoms with E-state index in [9.17, 15) is 24.0 Å². The van der Waals surface area contributed by atoms with E-state index in [4.69, 9.17) is 10.1 Å². The summed E-state index contributed by atoms with van der Waals surface area (Å²) in [6.45, 7) is 18.8. The molecule has 7 rings (SSSR count). The number of pyridine rings is 1. The van der Waals surface area contributed by atoms with E-state index < -0.39 is 0 Å². The van der Waals surface area contributed by atoms with Crippen LogP contribution in [-0.4, -0.2) is 119 Å². The van der Waals surface area contributed by atoms with Gasteiger partial charge in [0, 0.05) is 94.6 Å². The number of carbonyl (C=O) groups excluding carboxylic acids is 5. The van der Waals surface area contributed by atoms with Gasteiger partial charge in [0.15, 0.2) is 6.29 Å². The number of benzene rings is 2. The molecule has 2 atom stereocenters. The lowest BCUT2D eigenvalue weighted by Gasteiger charge is -2.54. The summed E-state index contributed by atoms with van der Waals surface area (Å²) in [7, 11) is 2.68. The number of aliphatic hydroxyl groups is 1. The molecule has 69 heavy (non-hydrogen) atoms. The van der Waals surface area contributed by atoms with Crippen LogP contribution in [0.5, 0.6) is 0 Å². The Morgan fingerprint density at radius 2 is 1.65 bits per heavy atom. The highest BCUT2D eigenvalue weighted by Gasteiger charge is 2.43. The Labute approximate surface area is 407 Å². The molecule has 4 aromatic rings. The summed E-state index contributed by atoms with van der Waals surface area (Å²) in [5.41, 5.74) is 6.94. The van der Waals surface area contributed by atoms with E-state index >= 15 is 0 Å². The number of rotatable bonds is 19. The summed E-state index contributed by atoms with van der Waals surface area (Å²) in [6.07, 6.45) is 12.7. The predicted octanol–water partition coefficient (Wildman–Crippen LogP) is 7.73. The topological polar surface area (TPSA) is 202 Å². The van der Waals surface area contributed by atoms with Crippen LogP contribution in [0.4, 0.5) is 29.0 Å². The van der Waals surface area contributed by atoms with Gasteiger partial charge in [-0.2, -0.15) is 4.98 Å². The molecule has 0 saturated carbocycles. The number of aromatic nitrogens is 3. The zero-order valence-corrected chi connectivity index (χ0v) is 41.5. The van der Waals surface area contributed by atoms with Gasteiger partial charge in [0.25, 0.3) is 11.8 Å². The lowest BCUT2D eigenvalue weighted by Crippen LogP contribution is -2.61. The standard InChI is InChI=1S/C27H40N4O4.C25H28N6O.CH4O/c1-5-27(6-2)17-31(18-27)21-12-14-30(15-13-21)24-9-7-8-22(23(24)16-32)26(35)29(4)20(3)10-11-25(34)28-19-33;1-4-14-26-24(32)20-15-27-25(28-19-11-6-16(3)7-12-19)31-23(20)30-21-13-10-18-9-8-17(5-2)22(18)29-21;1-2/h7-9,16,19-21H,5-6,10-15,17-18H2,1-4H3,(H,28,33,34);4,6-7,10-13,15,17H,1,5,8-9,14H2,2-3H3,(H,26,32)(H2,27,28,29,30,31);2H,1H3. The first-order valence-electron chi connectivity index (χ1n) is 24.2. The molecule has 16 heteroatoms. The van der Waals surface area contributed by atoms with Crippen molar-refractivity contribution in [2.24, 2.45) is 5.41 Å². The minimum atomic E-state index is -0.375. The van der Waals surface area contributed by atoms with Crippen molar-refractivity contribution >= 4 is 59.4 Å². The van der Waals surface area contributed by atoms with Crippen molar-refractivity contribution in [2.75, 3.05) is 62.4 Å². The lowest BCUT2D eigenvalue weighted by molar-refractivity contribution is -0.125. The van der Waals surface area contributed by atoms with Crippen molar-refractivity contribution in [1.29, 1.82) is 0 Å². The molecular formula is C53H72N10O6. The molecule has 1 aliphatic carbocycles. The van der Waals surface area contributed by atoms with Crippen LogP contribution in [0.25, 0.3) is 0 Å². The third-order valence-corrected chi connectivity index (χ3v) is 14.0. The molecule has 2 saturated heterocycles. The van der Waals surface area contributed by atoms with Crippen LogP contribution in [-0.2, 0) is 16.0 Å². The molecular weight excluding hydrogens is 873 g/mol. The smallest absolute Gasteiger partial charge is 0.256 e. The Morgan fingerprint density at radius 3 is 2.29 bits per heavy atom. The summed E-state index contributed by atoms with van der Waals surface area (Å²) in [6, 6.07) is 17.8. The second kappa shape index (κ2) is 25.7. The molecule has 2 aromatic carbocycles. The van der Waals surface area contributed by atoms with Crippen LogP contribution in [0.3, 0.4) is 0 Å². The van der Waals surface area contributed by atoms with E-state index in [0.717, 1.165) is 75.7 Å². The molecule has 4 heterocycles. The Morgan fingerprint density at radius 1 is 0.942 bits per heavy atom.